The summed E-state index contributed by atoms with van der Waals surface area (Å²) < 4.78 is 4.99. The van der Waals surface area contributed by atoms with Gasteiger partial charge >= 0.3 is 6.09 Å². The van der Waals surface area contributed by atoms with Gasteiger partial charge in [-0.3, -0.25) is 0 Å². The van der Waals surface area contributed by atoms with Crippen molar-refractivity contribution in [2.75, 3.05) is 6.54 Å². The number of carbonyl (C=O) groups is 1. The van der Waals surface area contributed by atoms with E-state index in [0.29, 0.717) is 0 Å². The molecule has 0 radical (unpaired) electrons. The summed E-state index contributed by atoms with van der Waals surface area (Å²) in [5, 5.41) is 14.4. The first-order valence-corrected chi connectivity index (χ1v) is 5.61. The molecular formula is C12H13N5O2. The van der Waals surface area contributed by atoms with Crippen LogP contribution in [0.15, 0.2) is 35.4 Å². The molecule has 0 spiro atoms. The second-order valence-corrected chi connectivity index (χ2v) is 3.68. The zero-order valence-corrected chi connectivity index (χ0v) is 10.2. The number of carbonyl (C=O) groups excluding carboxylic acids is 1. The highest BCUT2D eigenvalue weighted by Gasteiger charge is 2.12. The minimum absolute atomic E-state index is 0.0184. The molecule has 0 bridgehead atoms. The molecule has 1 unspecified atom stereocenters. The molecule has 0 saturated heterocycles. The van der Waals surface area contributed by atoms with Crippen LogP contribution in [0.4, 0.5) is 4.79 Å². The summed E-state index contributed by atoms with van der Waals surface area (Å²) in [6.07, 6.45) is -0.586. The first-order chi connectivity index (χ1) is 9.26. The molecule has 7 heteroatoms. The third-order valence-corrected chi connectivity index (χ3v) is 2.24. The highest BCUT2D eigenvalue weighted by atomic mass is 16.5. The normalized spacial score (nSPS) is 10.7. The van der Waals surface area contributed by atoms with Crippen LogP contribution in [0.2, 0.25) is 0 Å². The lowest BCUT2D eigenvalue weighted by atomic mass is 10.2. The Balaban J connectivity index is 2.40. The number of nitriles is 1. The quantitative estimate of drug-likeness (QED) is 0.481. The van der Waals surface area contributed by atoms with E-state index in [0.717, 1.165) is 5.56 Å². The molecule has 1 aromatic carbocycles. The van der Waals surface area contributed by atoms with Crippen molar-refractivity contribution in [2.45, 2.75) is 19.1 Å². The maximum absolute atomic E-state index is 11.5. The van der Waals surface area contributed by atoms with Crippen molar-refractivity contribution in [2.24, 2.45) is 5.11 Å². The van der Waals surface area contributed by atoms with Gasteiger partial charge in [0.25, 0.3) is 0 Å². The number of ether oxygens (including phenoxy) is 1. The number of nitrogens with zero attached hydrogens (tertiary/aromatic N) is 4. The van der Waals surface area contributed by atoms with Gasteiger partial charge in [-0.05, 0) is 11.1 Å². The molecule has 0 saturated carbocycles. The minimum Gasteiger partial charge on any atom is -0.445 e. The number of nitrogens with one attached hydrogen (secondary N) is 1. The van der Waals surface area contributed by atoms with Gasteiger partial charge < -0.3 is 10.1 Å². The van der Waals surface area contributed by atoms with Crippen LogP contribution in [-0.4, -0.2) is 18.7 Å². The van der Waals surface area contributed by atoms with Crippen molar-refractivity contribution in [1.82, 2.24) is 5.32 Å². The largest absolute Gasteiger partial charge is 0.445 e. The van der Waals surface area contributed by atoms with E-state index in [4.69, 9.17) is 15.5 Å². The van der Waals surface area contributed by atoms with Crippen LogP contribution in [-0.2, 0) is 11.3 Å². The molecule has 0 aliphatic carbocycles. The van der Waals surface area contributed by atoms with E-state index in [1.54, 1.807) is 0 Å². The van der Waals surface area contributed by atoms with Crippen molar-refractivity contribution >= 4 is 6.09 Å². The van der Waals surface area contributed by atoms with E-state index in [2.05, 4.69) is 15.3 Å². The molecule has 1 aromatic rings. The Labute approximate surface area is 110 Å². The molecule has 98 valence electrons. The Bertz CT molecular complexity index is 491. The van der Waals surface area contributed by atoms with Crippen molar-refractivity contribution in [3.8, 4) is 6.07 Å². The molecule has 1 rings (SSSR count). The SMILES string of the molecule is N#CCC(CN=[N+]=[N-])NC(=O)OCc1ccccc1. The number of benzene rings is 1. The van der Waals surface area contributed by atoms with E-state index >= 15 is 0 Å². The van der Waals surface area contributed by atoms with Gasteiger partial charge in [-0.15, -0.1) is 0 Å². The van der Waals surface area contributed by atoms with E-state index < -0.39 is 12.1 Å². The lowest BCUT2D eigenvalue weighted by Crippen LogP contribution is -2.37. The van der Waals surface area contributed by atoms with Crippen LogP contribution in [0.5, 0.6) is 0 Å². The maximum atomic E-state index is 11.5. The van der Waals surface area contributed by atoms with Crippen molar-refractivity contribution in [3.05, 3.63) is 46.3 Å². The molecular weight excluding hydrogens is 246 g/mol. The Kier molecular flexibility index (Phi) is 6.34. The molecule has 0 aliphatic rings. The van der Waals surface area contributed by atoms with E-state index in [-0.39, 0.29) is 19.6 Å². The van der Waals surface area contributed by atoms with Gasteiger partial charge in [-0.2, -0.15) is 5.26 Å². The van der Waals surface area contributed by atoms with Crippen LogP contribution in [0.1, 0.15) is 12.0 Å². The Morgan fingerprint density at radius 3 is 2.89 bits per heavy atom. The smallest absolute Gasteiger partial charge is 0.407 e. The van der Waals surface area contributed by atoms with E-state index in [1.165, 1.54) is 0 Å². The number of azide groups is 1. The summed E-state index contributed by atoms with van der Waals surface area (Å²) in [6.45, 7) is 0.165. The predicted octanol–water partition coefficient (Wildman–Crippen LogP) is 2.51. The number of hydrogen-bond donors (Lipinski definition) is 1. The topological polar surface area (TPSA) is 111 Å². The van der Waals surface area contributed by atoms with E-state index in [1.807, 2.05) is 36.4 Å². The van der Waals surface area contributed by atoms with Gasteiger partial charge in [0.15, 0.2) is 0 Å². The average Bonchev–Trinajstić information content (AvgIpc) is 2.44. The summed E-state index contributed by atoms with van der Waals surface area (Å²) in [7, 11) is 0. The molecule has 0 aromatic heterocycles. The highest BCUT2D eigenvalue weighted by Crippen LogP contribution is 2.01. The fourth-order valence-electron chi connectivity index (χ4n) is 1.34. The summed E-state index contributed by atoms with van der Waals surface area (Å²) in [6, 6.07) is 10.6. The lowest BCUT2D eigenvalue weighted by molar-refractivity contribution is 0.136. The predicted molar refractivity (Wildman–Crippen MR) is 67.8 cm³/mol. The van der Waals surface area contributed by atoms with Gasteiger partial charge in [-0.1, -0.05) is 35.4 Å². The van der Waals surface area contributed by atoms with Crippen molar-refractivity contribution in [1.29, 1.82) is 5.26 Å². The molecule has 0 aliphatic heterocycles. The Hall–Kier alpha value is -2.71. The van der Waals surface area contributed by atoms with Crippen LogP contribution in [0.3, 0.4) is 0 Å². The Morgan fingerprint density at radius 2 is 2.26 bits per heavy atom. The molecule has 1 atom stereocenters. The van der Waals surface area contributed by atoms with E-state index in [9.17, 15) is 4.79 Å². The lowest BCUT2D eigenvalue weighted by Gasteiger charge is -2.13. The van der Waals surface area contributed by atoms with Gasteiger partial charge in [0.2, 0.25) is 0 Å². The summed E-state index contributed by atoms with van der Waals surface area (Å²) in [5.74, 6) is 0. The van der Waals surface area contributed by atoms with Crippen LogP contribution in [0.25, 0.3) is 10.4 Å². The molecule has 0 fully saturated rings. The van der Waals surface area contributed by atoms with Crippen LogP contribution >= 0.6 is 0 Å². The third kappa shape index (κ3) is 5.96. The summed E-state index contributed by atoms with van der Waals surface area (Å²) >= 11 is 0. The minimum atomic E-state index is -0.641. The highest BCUT2D eigenvalue weighted by molar-refractivity contribution is 5.67. The molecule has 0 heterocycles. The van der Waals surface area contributed by atoms with Gasteiger partial charge in [-0.25, -0.2) is 4.79 Å². The summed E-state index contributed by atoms with van der Waals surface area (Å²) in [4.78, 5) is 14.1. The number of amides is 1. The molecule has 1 amide bonds. The van der Waals surface area contributed by atoms with Gasteiger partial charge in [0, 0.05) is 11.5 Å². The summed E-state index contributed by atoms with van der Waals surface area (Å²) in [5.41, 5.74) is 9.07. The van der Waals surface area contributed by atoms with Crippen LogP contribution < -0.4 is 5.32 Å². The Morgan fingerprint density at radius 1 is 1.53 bits per heavy atom. The van der Waals surface area contributed by atoms with Crippen molar-refractivity contribution in [3.63, 3.8) is 0 Å². The van der Waals surface area contributed by atoms with Crippen LogP contribution in [0, 0.1) is 11.3 Å². The fourth-order valence-corrected chi connectivity index (χ4v) is 1.34. The first kappa shape index (κ1) is 14.4. The monoisotopic (exact) mass is 259 g/mol. The standard InChI is InChI=1S/C12H13N5O2/c13-7-6-11(8-15-17-14)16-12(18)19-9-10-4-2-1-3-5-10/h1-5,11H,6,8-9H2,(H,16,18). The fraction of sp³-hybridized carbons (Fsp3) is 0.333. The zero-order chi connectivity index (χ0) is 13.9. The van der Waals surface area contributed by atoms with Gasteiger partial charge in [0.05, 0.1) is 18.5 Å². The second kappa shape index (κ2) is 8.39. The molecule has 19 heavy (non-hydrogen) atoms. The zero-order valence-electron chi connectivity index (χ0n) is 10.2. The average molecular weight is 259 g/mol. The first-order valence-electron chi connectivity index (χ1n) is 5.61. The number of alkyl carbamates (subject to hydrolysis) is 1. The second-order valence-electron chi connectivity index (χ2n) is 3.68. The van der Waals surface area contributed by atoms with Gasteiger partial charge in [0.1, 0.15) is 6.61 Å². The number of hydrogen-bond acceptors (Lipinski definition) is 4. The number of rotatable bonds is 6. The molecule has 1 N–H and O–H groups in total. The maximum Gasteiger partial charge on any atom is 0.407 e. The van der Waals surface area contributed by atoms with Crippen molar-refractivity contribution < 1.29 is 9.53 Å². The molecule has 7 nitrogen and oxygen atoms in total. The third-order valence-electron chi connectivity index (χ3n) is 2.24.